The molecule has 0 aliphatic carbocycles. The van der Waals surface area contributed by atoms with Crippen LogP contribution in [0, 0.1) is 5.92 Å². The highest BCUT2D eigenvalue weighted by atomic mass is 35.5. The Kier molecular flexibility index (Phi) is 8.06. The summed E-state index contributed by atoms with van der Waals surface area (Å²) in [5, 5.41) is 6.32. The number of benzene rings is 1. The molecular formula is C17H25ClN2O3. The minimum absolute atomic E-state index is 0. The van der Waals surface area contributed by atoms with Crippen molar-refractivity contribution in [3.8, 4) is 5.75 Å². The molecule has 1 amide bonds. The third-order valence-corrected chi connectivity index (χ3v) is 4.02. The van der Waals surface area contributed by atoms with E-state index in [0.29, 0.717) is 23.8 Å². The van der Waals surface area contributed by atoms with Crippen molar-refractivity contribution < 1.29 is 14.3 Å². The number of carbonyl (C=O) groups is 2. The van der Waals surface area contributed by atoms with Crippen molar-refractivity contribution in [3.05, 3.63) is 29.3 Å². The summed E-state index contributed by atoms with van der Waals surface area (Å²) >= 11 is 0. The molecule has 5 nitrogen and oxygen atoms in total. The maximum absolute atomic E-state index is 12.1. The number of nitrogens with one attached hydrogen (secondary N) is 2. The highest BCUT2D eigenvalue weighted by Crippen LogP contribution is 2.21. The normalized spacial score (nSPS) is 17.0. The van der Waals surface area contributed by atoms with Crippen LogP contribution in [-0.4, -0.2) is 38.4 Å². The molecule has 1 aliphatic heterocycles. The lowest BCUT2D eigenvalue weighted by Gasteiger charge is -2.23. The molecule has 0 bridgehead atoms. The van der Waals surface area contributed by atoms with Crippen LogP contribution in [0.2, 0.25) is 0 Å². The number of halogens is 1. The summed E-state index contributed by atoms with van der Waals surface area (Å²) in [6, 6.07) is 5.20. The van der Waals surface area contributed by atoms with Gasteiger partial charge in [-0.05, 0) is 57.0 Å². The first-order valence-electron chi connectivity index (χ1n) is 7.75. The molecule has 0 saturated carbocycles. The Labute approximate surface area is 143 Å². The average molecular weight is 341 g/mol. The van der Waals surface area contributed by atoms with Gasteiger partial charge in [-0.15, -0.1) is 12.4 Å². The average Bonchev–Trinajstić information content (AvgIpc) is 2.53. The first-order valence-corrected chi connectivity index (χ1v) is 7.75. The van der Waals surface area contributed by atoms with E-state index in [2.05, 4.69) is 10.6 Å². The fraction of sp³-hybridized carbons (Fsp3) is 0.529. The number of carbonyl (C=O) groups excluding carboxylic acids is 2. The van der Waals surface area contributed by atoms with Crippen LogP contribution < -0.4 is 15.4 Å². The molecule has 1 fully saturated rings. The number of hydrogen-bond acceptors (Lipinski definition) is 4. The van der Waals surface area contributed by atoms with Crippen molar-refractivity contribution in [2.45, 2.75) is 26.2 Å². The fourth-order valence-corrected chi connectivity index (χ4v) is 2.73. The maximum atomic E-state index is 12.1. The van der Waals surface area contributed by atoms with Crippen LogP contribution in [0.1, 0.15) is 35.7 Å². The largest absolute Gasteiger partial charge is 0.496 e. The summed E-state index contributed by atoms with van der Waals surface area (Å²) in [6.07, 6.45) is 2.54. The van der Waals surface area contributed by atoms with Gasteiger partial charge in [-0.25, -0.2) is 0 Å². The smallest absolute Gasteiger partial charge is 0.224 e. The van der Waals surface area contributed by atoms with Crippen LogP contribution >= 0.6 is 12.4 Å². The molecule has 6 heteroatoms. The number of amides is 1. The zero-order valence-corrected chi connectivity index (χ0v) is 14.5. The van der Waals surface area contributed by atoms with Crippen LogP contribution in [-0.2, 0) is 11.2 Å². The Hall–Kier alpha value is -1.59. The van der Waals surface area contributed by atoms with Gasteiger partial charge < -0.3 is 15.4 Å². The van der Waals surface area contributed by atoms with Crippen molar-refractivity contribution in [2.24, 2.45) is 5.92 Å². The number of Topliss-reactive ketones (excluding diaryl/α,β-unsaturated/α-hetero) is 1. The summed E-state index contributed by atoms with van der Waals surface area (Å²) in [5.41, 5.74) is 1.34. The molecular weight excluding hydrogens is 316 g/mol. The van der Waals surface area contributed by atoms with E-state index >= 15 is 0 Å². The van der Waals surface area contributed by atoms with Gasteiger partial charge in [0.05, 0.1) is 13.5 Å². The van der Waals surface area contributed by atoms with E-state index in [0.717, 1.165) is 31.5 Å². The standard InChI is InChI=1S/C17H24N2O3.ClH/c1-12(20)14-5-6-16(22-2)15(8-14)9-17(21)19-11-13-4-3-7-18-10-13;/h5-6,8,13,18H,3-4,7,9-11H2,1-2H3,(H,19,21);1H. The SMILES string of the molecule is COc1ccc(C(C)=O)cc1CC(=O)NCC1CCCNC1.Cl. The quantitative estimate of drug-likeness (QED) is 0.777. The lowest BCUT2D eigenvalue weighted by atomic mass is 9.99. The minimum atomic E-state index is -0.0374. The molecule has 1 aromatic rings. The minimum Gasteiger partial charge on any atom is -0.496 e. The zero-order valence-electron chi connectivity index (χ0n) is 13.7. The molecule has 2 N–H and O–H groups in total. The molecule has 1 saturated heterocycles. The van der Waals surface area contributed by atoms with E-state index < -0.39 is 0 Å². The van der Waals surface area contributed by atoms with Gasteiger partial charge in [0.15, 0.2) is 5.78 Å². The second-order valence-electron chi connectivity index (χ2n) is 5.78. The Bertz CT molecular complexity index is 543. The van der Waals surface area contributed by atoms with Crippen molar-refractivity contribution >= 4 is 24.1 Å². The molecule has 0 radical (unpaired) electrons. The fourth-order valence-electron chi connectivity index (χ4n) is 2.73. The van der Waals surface area contributed by atoms with E-state index in [-0.39, 0.29) is 30.5 Å². The zero-order chi connectivity index (χ0) is 15.9. The van der Waals surface area contributed by atoms with E-state index in [9.17, 15) is 9.59 Å². The number of ketones is 1. The second kappa shape index (κ2) is 9.53. The number of piperidine rings is 1. The third kappa shape index (κ3) is 5.84. The van der Waals surface area contributed by atoms with Crippen LogP contribution in [0.15, 0.2) is 18.2 Å². The van der Waals surface area contributed by atoms with Crippen molar-refractivity contribution in [2.75, 3.05) is 26.7 Å². The molecule has 1 atom stereocenters. The third-order valence-electron chi connectivity index (χ3n) is 4.02. The Morgan fingerprint density at radius 1 is 1.39 bits per heavy atom. The van der Waals surface area contributed by atoms with Crippen LogP contribution in [0.3, 0.4) is 0 Å². The Morgan fingerprint density at radius 3 is 2.78 bits per heavy atom. The van der Waals surface area contributed by atoms with Gasteiger partial charge in [-0.3, -0.25) is 9.59 Å². The number of hydrogen-bond donors (Lipinski definition) is 2. The number of methoxy groups -OCH3 is 1. The predicted octanol–water partition coefficient (Wildman–Crippen LogP) is 1.98. The van der Waals surface area contributed by atoms with Gasteiger partial charge in [0.1, 0.15) is 5.75 Å². The lowest BCUT2D eigenvalue weighted by molar-refractivity contribution is -0.120. The van der Waals surface area contributed by atoms with Gasteiger partial charge in [-0.1, -0.05) is 0 Å². The molecule has 0 spiro atoms. The molecule has 1 unspecified atom stereocenters. The highest BCUT2D eigenvalue weighted by Gasteiger charge is 2.15. The maximum Gasteiger partial charge on any atom is 0.224 e. The van der Waals surface area contributed by atoms with Crippen molar-refractivity contribution in [1.29, 1.82) is 0 Å². The molecule has 128 valence electrons. The van der Waals surface area contributed by atoms with Gasteiger partial charge in [0.2, 0.25) is 5.91 Å². The highest BCUT2D eigenvalue weighted by molar-refractivity contribution is 5.94. The Balaban J connectivity index is 0.00000264. The summed E-state index contributed by atoms with van der Waals surface area (Å²) in [4.78, 5) is 23.6. The lowest BCUT2D eigenvalue weighted by Crippen LogP contribution is -2.38. The van der Waals surface area contributed by atoms with E-state index in [1.807, 2.05) is 0 Å². The molecule has 1 aromatic carbocycles. The molecule has 1 heterocycles. The van der Waals surface area contributed by atoms with Crippen LogP contribution in [0.25, 0.3) is 0 Å². The number of ether oxygens (including phenoxy) is 1. The predicted molar refractivity (Wildman–Crippen MR) is 92.6 cm³/mol. The van der Waals surface area contributed by atoms with Gasteiger partial charge in [0, 0.05) is 17.7 Å². The molecule has 23 heavy (non-hydrogen) atoms. The van der Waals surface area contributed by atoms with Crippen molar-refractivity contribution in [3.63, 3.8) is 0 Å². The second-order valence-corrected chi connectivity index (χ2v) is 5.78. The molecule has 2 rings (SSSR count). The van der Waals surface area contributed by atoms with Crippen molar-refractivity contribution in [1.82, 2.24) is 10.6 Å². The summed E-state index contributed by atoms with van der Waals surface area (Å²) in [7, 11) is 1.57. The van der Waals surface area contributed by atoms with E-state index in [4.69, 9.17) is 4.74 Å². The summed E-state index contributed by atoms with van der Waals surface area (Å²) in [6.45, 7) is 4.24. The first kappa shape index (κ1) is 19.5. The topological polar surface area (TPSA) is 67.4 Å². The first-order chi connectivity index (χ1) is 10.6. The monoisotopic (exact) mass is 340 g/mol. The van der Waals surface area contributed by atoms with E-state index in [1.165, 1.54) is 6.92 Å². The van der Waals surface area contributed by atoms with Crippen LogP contribution in [0.4, 0.5) is 0 Å². The Morgan fingerprint density at radius 2 is 2.17 bits per heavy atom. The van der Waals surface area contributed by atoms with E-state index in [1.54, 1.807) is 25.3 Å². The van der Waals surface area contributed by atoms with Gasteiger partial charge in [0.25, 0.3) is 0 Å². The summed E-state index contributed by atoms with van der Waals surface area (Å²) in [5.74, 6) is 1.09. The molecule has 0 aromatic heterocycles. The van der Waals surface area contributed by atoms with Crippen LogP contribution in [0.5, 0.6) is 5.75 Å². The van der Waals surface area contributed by atoms with Gasteiger partial charge >= 0.3 is 0 Å². The molecule has 1 aliphatic rings. The number of rotatable bonds is 6. The summed E-state index contributed by atoms with van der Waals surface area (Å²) < 4.78 is 5.27. The van der Waals surface area contributed by atoms with Gasteiger partial charge in [-0.2, -0.15) is 0 Å².